The van der Waals surface area contributed by atoms with Gasteiger partial charge in [-0.05, 0) is 12.8 Å². The molecule has 1 amide bonds. The molecule has 1 unspecified atom stereocenters. The van der Waals surface area contributed by atoms with Crippen LogP contribution in [0.4, 0.5) is 0 Å². The largest absolute Gasteiger partial charge is 0.480 e. The Labute approximate surface area is 80.9 Å². The van der Waals surface area contributed by atoms with Gasteiger partial charge in [0.1, 0.15) is 12.1 Å². The molecular formula is C8H13NO5. The summed E-state index contributed by atoms with van der Waals surface area (Å²) >= 11 is 0. The summed E-state index contributed by atoms with van der Waals surface area (Å²) in [6.45, 7) is -0.0945. The standard InChI is InChI=1S/C8H13NO5/c10-4-5(8(12)13)9-7(11)6-2-1-3-14-6/h5-6,10H,1-4H2,(H,9,11)(H,12,13)/t5-,6?/m0/s1. The highest BCUT2D eigenvalue weighted by Crippen LogP contribution is 2.11. The van der Waals surface area contributed by atoms with Crippen LogP contribution in [0.1, 0.15) is 12.8 Å². The SMILES string of the molecule is O=C(N[C@@H](CO)C(=O)O)C1CCCO1. The fourth-order valence-electron chi connectivity index (χ4n) is 1.23. The molecule has 0 aliphatic carbocycles. The average molecular weight is 203 g/mol. The minimum Gasteiger partial charge on any atom is -0.480 e. The zero-order valence-corrected chi connectivity index (χ0v) is 7.60. The van der Waals surface area contributed by atoms with Crippen LogP contribution in [0.25, 0.3) is 0 Å². The number of carbonyl (C=O) groups excluding carboxylic acids is 1. The van der Waals surface area contributed by atoms with Crippen molar-refractivity contribution in [1.29, 1.82) is 0 Å². The first-order valence-electron chi connectivity index (χ1n) is 4.40. The molecule has 0 aromatic heterocycles. The van der Waals surface area contributed by atoms with E-state index in [4.69, 9.17) is 14.9 Å². The molecular weight excluding hydrogens is 190 g/mol. The highest BCUT2D eigenvalue weighted by molar-refractivity contribution is 5.86. The van der Waals surface area contributed by atoms with Crippen molar-refractivity contribution in [1.82, 2.24) is 5.32 Å². The number of ether oxygens (including phenoxy) is 1. The van der Waals surface area contributed by atoms with E-state index in [0.717, 1.165) is 6.42 Å². The lowest BCUT2D eigenvalue weighted by Crippen LogP contribution is -2.47. The molecule has 1 fully saturated rings. The Morgan fingerprint density at radius 3 is 2.71 bits per heavy atom. The molecule has 3 N–H and O–H groups in total. The summed E-state index contributed by atoms with van der Waals surface area (Å²) < 4.78 is 5.05. The van der Waals surface area contributed by atoms with Crippen LogP contribution in [0.3, 0.4) is 0 Å². The van der Waals surface area contributed by atoms with E-state index in [-0.39, 0.29) is 0 Å². The van der Waals surface area contributed by atoms with Gasteiger partial charge in [0.15, 0.2) is 0 Å². The minimum absolute atomic E-state index is 0.469. The third-order valence-electron chi connectivity index (χ3n) is 2.02. The molecule has 6 heteroatoms. The lowest BCUT2D eigenvalue weighted by molar-refractivity contribution is -0.144. The highest BCUT2D eigenvalue weighted by Gasteiger charge is 2.27. The Morgan fingerprint density at radius 2 is 2.29 bits per heavy atom. The molecule has 0 saturated carbocycles. The van der Waals surface area contributed by atoms with E-state index >= 15 is 0 Å². The maximum atomic E-state index is 11.3. The van der Waals surface area contributed by atoms with Gasteiger partial charge >= 0.3 is 5.97 Å². The maximum absolute atomic E-state index is 11.3. The zero-order chi connectivity index (χ0) is 10.6. The van der Waals surface area contributed by atoms with E-state index in [0.29, 0.717) is 13.0 Å². The summed E-state index contributed by atoms with van der Waals surface area (Å²) in [6.07, 6.45) is 0.835. The molecule has 1 saturated heterocycles. The molecule has 1 aliphatic heterocycles. The van der Waals surface area contributed by atoms with E-state index in [2.05, 4.69) is 5.32 Å². The number of aliphatic hydroxyl groups excluding tert-OH is 1. The topological polar surface area (TPSA) is 95.9 Å². The molecule has 6 nitrogen and oxygen atoms in total. The highest BCUT2D eigenvalue weighted by atomic mass is 16.5. The average Bonchev–Trinajstić information content (AvgIpc) is 2.65. The van der Waals surface area contributed by atoms with Gasteiger partial charge in [0, 0.05) is 6.61 Å². The van der Waals surface area contributed by atoms with Crippen LogP contribution in [-0.2, 0) is 14.3 Å². The van der Waals surface area contributed by atoms with Gasteiger partial charge in [-0.25, -0.2) is 4.79 Å². The van der Waals surface area contributed by atoms with Gasteiger partial charge in [-0.1, -0.05) is 0 Å². The summed E-state index contributed by atoms with van der Waals surface area (Å²) in [5.41, 5.74) is 0. The number of rotatable bonds is 4. The van der Waals surface area contributed by atoms with E-state index < -0.39 is 30.6 Å². The monoisotopic (exact) mass is 203 g/mol. The second kappa shape index (κ2) is 4.92. The molecule has 14 heavy (non-hydrogen) atoms. The van der Waals surface area contributed by atoms with Gasteiger partial charge in [-0.15, -0.1) is 0 Å². The Kier molecular flexibility index (Phi) is 3.84. The first-order chi connectivity index (χ1) is 6.65. The summed E-state index contributed by atoms with van der Waals surface area (Å²) in [5, 5.41) is 19.4. The third-order valence-corrected chi connectivity index (χ3v) is 2.02. The van der Waals surface area contributed by atoms with Crippen molar-refractivity contribution in [2.75, 3.05) is 13.2 Å². The predicted octanol–water partition coefficient (Wildman–Crippen LogP) is -1.27. The van der Waals surface area contributed by atoms with Crippen molar-refractivity contribution in [2.24, 2.45) is 0 Å². The van der Waals surface area contributed by atoms with Crippen LogP contribution < -0.4 is 5.32 Å². The number of carboxylic acid groups (broad SMARTS) is 1. The summed E-state index contributed by atoms with van der Waals surface area (Å²) in [7, 11) is 0. The Morgan fingerprint density at radius 1 is 1.57 bits per heavy atom. The quantitative estimate of drug-likeness (QED) is 0.529. The first-order valence-corrected chi connectivity index (χ1v) is 4.40. The van der Waals surface area contributed by atoms with Gasteiger partial charge in [-0.3, -0.25) is 4.79 Å². The van der Waals surface area contributed by atoms with Gasteiger partial charge < -0.3 is 20.3 Å². The van der Waals surface area contributed by atoms with Crippen LogP contribution in [0.5, 0.6) is 0 Å². The fourth-order valence-corrected chi connectivity index (χ4v) is 1.23. The second-order valence-electron chi connectivity index (χ2n) is 3.08. The molecule has 1 rings (SSSR count). The molecule has 0 radical (unpaired) electrons. The van der Waals surface area contributed by atoms with Crippen molar-refractivity contribution >= 4 is 11.9 Å². The minimum atomic E-state index is -1.25. The van der Waals surface area contributed by atoms with E-state index in [9.17, 15) is 9.59 Å². The summed E-state index contributed by atoms with van der Waals surface area (Å²) in [4.78, 5) is 21.8. The van der Waals surface area contributed by atoms with Gasteiger partial charge in [0.2, 0.25) is 5.91 Å². The van der Waals surface area contributed by atoms with Crippen molar-refractivity contribution in [3.05, 3.63) is 0 Å². The van der Waals surface area contributed by atoms with Crippen LogP contribution in [-0.4, -0.2) is 47.4 Å². The maximum Gasteiger partial charge on any atom is 0.328 e. The lowest BCUT2D eigenvalue weighted by atomic mass is 10.2. The van der Waals surface area contributed by atoms with Crippen LogP contribution in [0.2, 0.25) is 0 Å². The van der Waals surface area contributed by atoms with Gasteiger partial charge in [-0.2, -0.15) is 0 Å². The molecule has 0 spiro atoms. The number of aliphatic carboxylic acids is 1. The lowest BCUT2D eigenvalue weighted by Gasteiger charge is -2.14. The van der Waals surface area contributed by atoms with Crippen molar-refractivity contribution in [3.63, 3.8) is 0 Å². The van der Waals surface area contributed by atoms with Crippen LogP contribution in [0, 0.1) is 0 Å². The van der Waals surface area contributed by atoms with Gasteiger partial charge in [0.25, 0.3) is 0 Å². The Hall–Kier alpha value is -1.14. The first kappa shape index (κ1) is 10.9. The zero-order valence-electron chi connectivity index (χ0n) is 7.60. The molecule has 2 atom stereocenters. The van der Waals surface area contributed by atoms with E-state index in [1.807, 2.05) is 0 Å². The number of aliphatic hydroxyl groups is 1. The van der Waals surface area contributed by atoms with E-state index in [1.165, 1.54) is 0 Å². The number of amides is 1. The number of hydrogen-bond donors (Lipinski definition) is 3. The normalized spacial score (nSPS) is 23.1. The predicted molar refractivity (Wildman–Crippen MR) is 45.6 cm³/mol. The summed E-state index contributed by atoms with van der Waals surface area (Å²) in [5.74, 6) is -1.72. The van der Waals surface area contributed by atoms with Crippen LogP contribution in [0.15, 0.2) is 0 Å². The number of nitrogens with one attached hydrogen (secondary N) is 1. The van der Waals surface area contributed by atoms with Crippen molar-refractivity contribution < 1.29 is 24.5 Å². The third kappa shape index (κ3) is 2.68. The molecule has 1 heterocycles. The van der Waals surface area contributed by atoms with Crippen molar-refractivity contribution in [2.45, 2.75) is 25.0 Å². The molecule has 0 aromatic rings. The number of carbonyl (C=O) groups is 2. The number of hydrogen-bond acceptors (Lipinski definition) is 4. The molecule has 80 valence electrons. The smallest absolute Gasteiger partial charge is 0.328 e. The van der Waals surface area contributed by atoms with E-state index in [1.54, 1.807) is 0 Å². The summed E-state index contributed by atoms with van der Waals surface area (Å²) in [6, 6.07) is -1.24. The molecule has 1 aliphatic rings. The Bertz CT molecular complexity index is 224. The second-order valence-corrected chi connectivity index (χ2v) is 3.08. The fraction of sp³-hybridized carbons (Fsp3) is 0.750. The Balaban J connectivity index is 2.41. The van der Waals surface area contributed by atoms with Crippen LogP contribution >= 0.6 is 0 Å². The van der Waals surface area contributed by atoms with Crippen molar-refractivity contribution in [3.8, 4) is 0 Å². The molecule has 0 aromatic carbocycles. The molecule has 0 bridgehead atoms. The number of carboxylic acids is 1. The van der Waals surface area contributed by atoms with Gasteiger partial charge in [0.05, 0.1) is 6.61 Å².